The van der Waals surface area contributed by atoms with Crippen molar-refractivity contribution in [2.45, 2.75) is 0 Å². The van der Waals surface area contributed by atoms with Gasteiger partial charge in [-0.1, -0.05) is 6.07 Å². The van der Waals surface area contributed by atoms with Crippen molar-refractivity contribution in [3.05, 3.63) is 52.9 Å². The average Bonchev–Trinajstić information content (AvgIpc) is 3.01. The summed E-state index contributed by atoms with van der Waals surface area (Å²) in [6.45, 7) is 0. The van der Waals surface area contributed by atoms with Crippen LogP contribution < -0.4 is 9.47 Å². The minimum Gasteiger partial charge on any atom is -0.493 e. The summed E-state index contributed by atoms with van der Waals surface area (Å²) in [4.78, 5) is 4.27. The predicted molar refractivity (Wildman–Crippen MR) is 93.2 cm³/mol. The Morgan fingerprint density at radius 1 is 1.17 bits per heavy atom. The number of rotatable bonds is 5. The molecule has 3 aromatic rings. The lowest BCUT2D eigenvalue weighted by molar-refractivity contribution is 0.355. The number of hydrogen-bond acceptors (Lipinski definition) is 6. The molecule has 0 atom stereocenters. The van der Waals surface area contributed by atoms with Crippen LogP contribution in [0.25, 0.3) is 11.5 Å². The summed E-state index contributed by atoms with van der Waals surface area (Å²) < 4.78 is 12.4. The first-order valence-corrected chi connectivity index (χ1v) is 7.49. The molecule has 122 valence electrons. The van der Waals surface area contributed by atoms with Crippen LogP contribution in [-0.2, 0) is 0 Å². The Kier molecular flexibility index (Phi) is 4.66. The summed E-state index contributed by atoms with van der Waals surface area (Å²) in [6.07, 6.45) is 3.36. The second kappa shape index (κ2) is 7.05. The maximum Gasteiger partial charge on any atom is 0.216 e. The van der Waals surface area contributed by atoms with Gasteiger partial charge in [-0.25, -0.2) is 5.10 Å². The highest BCUT2D eigenvalue weighted by molar-refractivity contribution is 7.71. The van der Waals surface area contributed by atoms with E-state index < -0.39 is 0 Å². The van der Waals surface area contributed by atoms with Crippen LogP contribution in [0.15, 0.2) is 47.7 Å². The second-order valence-corrected chi connectivity index (χ2v) is 5.12. The van der Waals surface area contributed by atoms with Crippen molar-refractivity contribution in [3.8, 4) is 23.0 Å². The molecule has 0 aliphatic rings. The van der Waals surface area contributed by atoms with E-state index in [1.165, 1.54) is 4.68 Å². The first-order chi connectivity index (χ1) is 11.7. The van der Waals surface area contributed by atoms with Gasteiger partial charge in [0, 0.05) is 6.20 Å². The summed E-state index contributed by atoms with van der Waals surface area (Å²) >= 11 is 5.24. The third-order valence-corrected chi connectivity index (χ3v) is 3.54. The highest BCUT2D eigenvalue weighted by atomic mass is 32.1. The number of hydrogen-bond donors (Lipinski definition) is 1. The molecular weight excluding hydrogens is 326 g/mol. The van der Waals surface area contributed by atoms with Gasteiger partial charge < -0.3 is 9.47 Å². The Bertz CT molecular complexity index is 918. The Labute approximate surface area is 143 Å². The van der Waals surface area contributed by atoms with E-state index in [9.17, 15) is 0 Å². The zero-order valence-corrected chi connectivity index (χ0v) is 13.9. The number of pyridine rings is 1. The quantitative estimate of drug-likeness (QED) is 0.570. The van der Waals surface area contributed by atoms with Gasteiger partial charge in [0.2, 0.25) is 10.6 Å². The first kappa shape index (κ1) is 15.9. The lowest BCUT2D eigenvalue weighted by Crippen LogP contribution is -1.97. The Hall–Kier alpha value is -3.00. The second-order valence-electron chi connectivity index (χ2n) is 4.74. The predicted octanol–water partition coefficient (Wildman–Crippen LogP) is 2.90. The highest BCUT2D eigenvalue weighted by Gasteiger charge is 2.09. The van der Waals surface area contributed by atoms with Gasteiger partial charge in [-0.15, -0.1) is 0 Å². The summed E-state index contributed by atoms with van der Waals surface area (Å²) in [5.41, 5.74) is 1.51. The van der Waals surface area contributed by atoms with Crippen molar-refractivity contribution in [2.75, 3.05) is 14.2 Å². The van der Waals surface area contributed by atoms with Crippen molar-refractivity contribution in [1.82, 2.24) is 19.9 Å². The molecule has 1 N–H and O–H groups in total. The van der Waals surface area contributed by atoms with Crippen molar-refractivity contribution < 1.29 is 9.47 Å². The number of ether oxygens (including phenoxy) is 2. The molecule has 0 bridgehead atoms. The number of nitrogens with one attached hydrogen (secondary N) is 1. The van der Waals surface area contributed by atoms with Gasteiger partial charge in [0.15, 0.2) is 11.5 Å². The van der Waals surface area contributed by atoms with Crippen LogP contribution in [0.3, 0.4) is 0 Å². The zero-order valence-electron chi connectivity index (χ0n) is 13.1. The van der Waals surface area contributed by atoms with E-state index in [4.69, 9.17) is 21.7 Å². The van der Waals surface area contributed by atoms with E-state index in [1.54, 1.807) is 26.6 Å². The van der Waals surface area contributed by atoms with Gasteiger partial charge in [-0.2, -0.15) is 14.9 Å². The minimum atomic E-state index is 0.382. The molecule has 0 aliphatic carbocycles. The van der Waals surface area contributed by atoms with Crippen LogP contribution in [0.2, 0.25) is 0 Å². The fraction of sp³-hybridized carbons (Fsp3) is 0.125. The Morgan fingerprint density at radius 2 is 2.00 bits per heavy atom. The van der Waals surface area contributed by atoms with Crippen LogP contribution in [0, 0.1) is 4.77 Å². The molecule has 0 saturated heterocycles. The topological polar surface area (TPSA) is 77.3 Å². The van der Waals surface area contributed by atoms with Crippen LogP contribution in [0.5, 0.6) is 11.5 Å². The van der Waals surface area contributed by atoms with Gasteiger partial charge in [0.25, 0.3) is 0 Å². The van der Waals surface area contributed by atoms with Gasteiger partial charge in [-0.05, 0) is 48.1 Å². The molecule has 0 radical (unpaired) electrons. The number of methoxy groups -OCH3 is 2. The van der Waals surface area contributed by atoms with Crippen molar-refractivity contribution in [1.29, 1.82) is 0 Å². The summed E-state index contributed by atoms with van der Waals surface area (Å²) in [5, 5.41) is 11.3. The lowest BCUT2D eigenvalue weighted by Gasteiger charge is -2.07. The van der Waals surface area contributed by atoms with Gasteiger partial charge >= 0.3 is 0 Å². The molecule has 0 saturated carbocycles. The molecule has 8 heteroatoms. The van der Waals surface area contributed by atoms with E-state index in [2.05, 4.69) is 20.3 Å². The van der Waals surface area contributed by atoms with Crippen molar-refractivity contribution >= 4 is 18.4 Å². The van der Waals surface area contributed by atoms with Crippen LogP contribution in [0.4, 0.5) is 0 Å². The van der Waals surface area contributed by atoms with Crippen molar-refractivity contribution in [2.24, 2.45) is 5.10 Å². The SMILES string of the molecule is COc1ccc(/C=N/n2c(-c3ccccn3)n[nH]c2=S)cc1OC. The number of aromatic nitrogens is 4. The molecule has 3 rings (SSSR count). The standard InChI is InChI=1S/C16H15N5O2S/c1-22-13-7-6-11(9-14(13)23-2)10-18-21-15(19-20-16(21)24)12-5-3-4-8-17-12/h3-10H,1-2H3,(H,20,24)/b18-10+. The van der Waals surface area contributed by atoms with Crippen LogP contribution in [-0.4, -0.2) is 40.3 Å². The molecule has 24 heavy (non-hydrogen) atoms. The van der Waals surface area contributed by atoms with E-state index in [1.807, 2.05) is 36.4 Å². The van der Waals surface area contributed by atoms with Crippen molar-refractivity contribution in [3.63, 3.8) is 0 Å². The van der Waals surface area contributed by atoms with E-state index in [-0.39, 0.29) is 0 Å². The Morgan fingerprint density at radius 3 is 2.71 bits per heavy atom. The third-order valence-electron chi connectivity index (χ3n) is 3.27. The molecule has 0 amide bonds. The average molecular weight is 341 g/mol. The fourth-order valence-corrected chi connectivity index (χ4v) is 2.30. The van der Waals surface area contributed by atoms with E-state index in [0.29, 0.717) is 27.8 Å². The number of aromatic amines is 1. The van der Waals surface area contributed by atoms with E-state index in [0.717, 1.165) is 5.56 Å². The largest absolute Gasteiger partial charge is 0.493 e. The molecule has 7 nitrogen and oxygen atoms in total. The lowest BCUT2D eigenvalue weighted by atomic mass is 10.2. The molecule has 0 aliphatic heterocycles. The molecule has 0 spiro atoms. The maximum absolute atomic E-state index is 5.29. The molecule has 0 unspecified atom stereocenters. The fourth-order valence-electron chi connectivity index (χ4n) is 2.12. The van der Waals surface area contributed by atoms with Crippen LogP contribution >= 0.6 is 12.2 Å². The third kappa shape index (κ3) is 3.18. The number of nitrogens with zero attached hydrogens (tertiary/aromatic N) is 4. The molecule has 1 aromatic carbocycles. The highest BCUT2D eigenvalue weighted by Crippen LogP contribution is 2.27. The van der Waals surface area contributed by atoms with Gasteiger partial charge in [0.1, 0.15) is 5.69 Å². The monoisotopic (exact) mass is 341 g/mol. The summed E-state index contributed by atoms with van der Waals surface area (Å²) in [7, 11) is 3.18. The molecule has 2 heterocycles. The maximum atomic E-state index is 5.29. The smallest absolute Gasteiger partial charge is 0.216 e. The first-order valence-electron chi connectivity index (χ1n) is 7.08. The minimum absolute atomic E-state index is 0.382. The number of H-pyrrole nitrogens is 1. The normalized spacial score (nSPS) is 10.9. The van der Waals surface area contributed by atoms with Gasteiger partial charge in [0.05, 0.1) is 20.4 Å². The van der Waals surface area contributed by atoms with E-state index >= 15 is 0 Å². The van der Waals surface area contributed by atoms with Gasteiger partial charge in [-0.3, -0.25) is 4.98 Å². The summed E-state index contributed by atoms with van der Waals surface area (Å²) in [5.74, 6) is 1.82. The van der Waals surface area contributed by atoms with Crippen LogP contribution in [0.1, 0.15) is 5.56 Å². The molecular formula is C16H15N5O2S. The molecule has 2 aromatic heterocycles. The number of benzene rings is 1. The summed E-state index contributed by atoms with van der Waals surface area (Å²) in [6, 6.07) is 11.1. The Balaban J connectivity index is 1.96. The molecule has 0 fully saturated rings. The zero-order chi connectivity index (χ0) is 16.9.